The molecule has 0 aliphatic carbocycles. The lowest BCUT2D eigenvalue weighted by atomic mass is 10.0. The number of imidazole rings is 2. The topological polar surface area (TPSA) is 175 Å². The van der Waals surface area contributed by atoms with E-state index in [0.29, 0.717) is 13.1 Å². The quantitative estimate of drug-likeness (QED) is 0.100. The first-order chi connectivity index (χ1) is 28.9. The van der Waals surface area contributed by atoms with Crippen molar-refractivity contribution in [3.63, 3.8) is 0 Å². The van der Waals surface area contributed by atoms with E-state index in [1.54, 1.807) is 22.7 Å². The summed E-state index contributed by atoms with van der Waals surface area (Å²) in [5.41, 5.74) is 8.17. The Kier molecular flexibility index (Phi) is 11.7. The average Bonchev–Trinajstić information content (AvgIpc) is 4.10. The van der Waals surface area contributed by atoms with Gasteiger partial charge in [-0.3, -0.25) is 9.59 Å². The van der Waals surface area contributed by atoms with E-state index in [2.05, 4.69) is 67.8 Å². The summed E-state index contributed by atoms with van der Waals surface area (Å²) < 4.78 is 12.0. The van der Waals surface area contributed by atoms with Gasteiger partial charge in [0, 0.05) is 35.0 Å². The molecule has 2 aromatic carbocycles. The number of aromatic amines is 2. The molecule has 2 saturated heterocycles. The van der Waals surface area contributed by atoms with E-state index in [4.69, 9.17) is 19.4 Å². The summed E-state index contributed by atoms with van der Waals surface area (Å²) in [6.45, 7) is 8.83. The summed E-state index contributed by atoms with van der Waals surface area (Å²) in [6, 6.07) is 13.0. The lowest BCUT2D eigenvalue weighted by Gasteiger charge is -2.30. The largest absolute Gasteiger partial charge is 0.453 e. The fraction of sp³-hybridized carbons (Fsp3) is 0.409. The Morgan fingerprint density at radius 2 is 1.23 bits per heavy atom. The van der Waals surface area contributed by atoms with Crippen molar-refractivity contribution in [2.45, 2.75) is 77.5 Å². The van der Waals surface area contributed by atoms with Gasteiger partial charge in [-0.2, -0.15) is 0 Å². The number of ether oxygens (including phenoxy) is 2. The number of rotatable bonds is 11. The second-order valence-electron chi connectivity index (χ2n) is 16.2. The Labute approximate surface area is 356 Å². The molecular formula is C44H50N8O6S2. The maximum Gasteiger partial charge on any atom is 0.407 e. The minimum atomic E-state index is -0.690. The fourth-order valence-electron chi connectivity index (χ4n) is 8.44. The predicted molar refractivity (Wildman–Crippen MR) is 234 cm³/mol. The van der Waals surface area contributed by atoms with Gasteiger partial charge in [0.05, 0.1) is 58.6 Å². The highest BCUT2D eigenvalue weighted by Crippen LogP contribution is 2.45. The number of carbonyl (C=O) groups excluding carboxylic acids is 4. The van der Waals surface area contributed by atoms with Crippen LogP contribution >= 0.6 is 22.7 Å². The highest BCUT2D eigenvalue weighted by atomic mass is 32.1. The van der Waals surface area contributed by atoms with Crippen LogP contribution in [0.5, 0.6) is 0 Å². The molecule has 4 N–H and O–H groups in total. The number of aromatic nitrogens is 4. The molecule has 0 radical (unpaired) electrons. The van der Waals surface area contributed by atoms with Crippen LogP contribution in [0.3, 0.4) is 0 Å². The van der Waals surface area contributed by atoms with E-state index >= 15 is 0 Å². The van der Waals surface area contributed by atoms with Gasteiger partial charge in [0.25, 0.3) is 0 Å². The smallest absolute Gasteiger partial charge is 0.407 e. The zero-order valence-corrected chi connectivity index (χ0v) is 36.2. The molecule has 0 spiro atoms. The Bertz CT molecular complexity index is 2540. The number of benzene rings is 2. The zero-order valence-electron chi connectivity index (χ0n) is 34.5. The lowest BCUT2D eigenvalue weighted by molar-refractivity contribution is -0.136. The molecule has 2 fully saturated rings. The lowest BCUT2D eigenvalue weighted by Crippen LogP contribution is -2.51. The fourth-order valence-corrected chi connectivity index (χ4v) is 10.9. The van der Waals surface area contributed by atoms with Crippen molar-refractivity contribution in [2.75, 3.05) is 27.3 Å². The van der Waals surface area contributed by atoms with Crippen LogP contribution in [0, 0.1) is 11.8 Å². The number of thiophene rings is 2. The number of hydrogen-bond donors (Lipinski definition) is 4. The van der Waals surface area contributed by atoms with Crippen molar-refractivity contribution in [1.82, 2.24) is 40.4 Å². The van der Waals surface area contributed by atoms with Crippen molar-refractivity contribution in [2.24, 2.45) is 11.8 Å². The number of amides is 4. The molecule has 6 heterocycles. The van der Waals surface area contributed by atoms with Crippen LogP contribution in [0.4, 0.5) is 9.59 Å². The van der Waals surface area contributed by atoms with Gasteiger partial charge in [-0.1, -0.05) is 58.0 Å². The van der Waals surface area contributed by atoms with E-state index in [1.165, 1.54) is 29.2 Å². The molecule has 0 bridgehead atoms. The van der Waals surface area contributed by atoms with Crippen LogP contribution in [0.1, 0.15) is 77.1 Å². The number of fused-ring (bicyclic) bond motifs is 2. The van der Waals surface area contributed by atoms with Crippen LogP contribution in [-0.2, 0) is 19.1 Å². The van der Waals surface area contributed by atoms with Crippen LogP contribution in [0.15, 0.2) is 59.4 Å². The normalized spacial score (nSPS) is 17.8. The number of nitrogens with one attached hydrogen (secondary N) is 4. The molecule has 4 atom stereocenters. The van der Waals surface area contributed by atoms with Gasteiger partial charge < -0.3 is 39.9 Å². The third kappa shape index (κ3) is 7.85. The Hall–Kier alpha value is -5.74. The van der Waals surface area contributed by atoms with Gasteiger partial charge in [-0.15, -0.1) is 22.7 Å². The Balaban J connectivity index is 0.977. The van der Waals surface area contributed by atoms with Crippen molar-refractivity contribution in [1.29, 1.82) is 0 Å². The monoisotopic (exact) mass is 850 g/mol. The van der Waals surface area contributed by atoms with Crippen molar-refractivity contribution in [3.05, 3.63) is 71.1 Å². The standard InChI is InChI=1S/C44H50N8O6S2/c1-23(2)35(49-43(55)57-5)41(53)51-17-7-9-33(51)39-45-20-32(48-39)26-13-11-25(12-14-26)28-21-59-38-29(22-60-37(28)38)27-15-16-30-31(19-27)47-40(46-30)34-10-8-18-52(34)42(54)36(24(3)4)50-44(56)58-6/h11-16,19-24,33-36H,7-10,17-18H2,1-6H3,(H,45,48)(H,46,47)(H,49,55)(H,50,56)/t33-,34-,35+,36-/m0/s1. The van der Waals surface area contributed by atoms with Crippen LogP contribution in [0.2, 0.25) is 0 Å². The van der Waals surface area contributed by atoms with E-state index < -0.39 is 24.3 Å². The molecule has 8 rings (SSSR count). The summed E-state index contributed by atoms with van der Waals surface area (Å²) in [4.78, 5) is 71.6. The first-order valence-corrected chi connectivity index (χ1v) is 22.2. The highest BCUT2D eigenvalue weighted by Gasteiger charge is 2.39. The third-order valence-corrected chi connectivity index (χ3v) is 13.8. The summed E-state index contributed by atoms with van der Waals surface area (Å²) in [7, 11) is 2.59. The molecule has 2 aliphatic heterocycles. The maximum atomic E-state index is 13.7. The molecule has 6 aromatic rings. The minimum Gasteiger partial charge on any atom is -0.453 e. The Morgan fingerprint density at radius 3 is 1.78 bits per heavy atom. The molecule has 0 unspecified atom stereocenters. The van der Waals surface area contributed by atoms with Crippen molar-refractivity contribution in [3.8, 4) is 33.5 Å². The first kappa shape index (κ1) is 41.0. The maximum absolute atomic E-state index is 13.7. The van der Waals surface area contributed by atoms with Crippen LogP contribution in [-0.4, -0.2) is 93.1 Å². The average molecular weight is 851 g/mol. The van der Waals surface area contributed by atoms with Crippen molar-refractivity contribution < 1.29 is 28.7 Å². The molecular weight excluding hydrogens is 801 g/mol. The molecule has 4 amide bonds. The second-order valence-corrected chi connectivity index (χ2v) is 17.9. The van der Waals surface area contributed by atoms with E-state index in [9.17, 15) is 19.2 Å². The number of nitrogens with zero attached hydrogens (tertiary/aromatic N) is 4. The number of hydrogen-bond acceptors (Lipinski definition) is 10. The van der Waals surface area contributed by atoms with E-state index in [-0.39, 0.29) is 35.7 Å². The van der Waals surface area contributed by atoms with Gasteiger partial charge in [-0.25, -0.2) is 19.6 Å². The molecule has 16 heteroatoms. The second kappa shape index (κ2) is 17.1. The molecule has 314 valence electrons. The first-order valence-electron chi connectivity index (χ1n) is 20.4. The zero-order chi connectivity index (χ0) is 42.2. The number of alkyl carbamates (subject to hydrolysis) is 2. The minimum absolute atomic E-state index is 0.104. The number of carbonyl (C=O) groups is 4. The summed E-state index contributed by atoms with van der Waals surface area (Å²) >= 11 is 3.47. The summed E-state index contributed by atoms with van der Waals surface area (Å²) in [5, 5.41) is 9.86. The van der Waals surface area contributed by atoms with Gasteiger partial charge >= 0.3 is 12.2 Å². The van der Waals surface area contributed by atoms with Crippen LogP contribution in [0.25, 0.3) is 53.9 Å². The molecule has 0 saturated carbocycles. The molecule has 60 heavy (non-hydrogen) atoms. The summed E-state index contributed by atoms with van der Waals surface area (Å²) in [6.07, 6.45) is 3.85. The third-order valence-electron chi connectivity index (χ3n) is 11.7. The molecule has 14 nitrogen and oxygen atoms in total. The van der Waals surface area contributed by atoms with E-state index in [0.717, 1.165) is 76.3 Å². The SMILES string of the molecule is COC(=O)N[C@H](C(=O)N1CCC[C@H]1c1nc2ccc(-c3csc4c(-c5ccc(-c6cnc([C@@H]7CCCN7C(=O)[C@H](NC(=O)OC)C(C)C)[nH]6)cc5)csc34)cc2[nH]1)C(C)C. The molecule has 4 aromatic heterocycles. The number of methoxy groups -OCH3 is 2. The van der Waals surface area contributed by atoms with Gasteiger partial charge in [-0.05, 0) is 66.3 Å². The number of H-pyrrole nitrogens is 2. The van der Waals surface area contributed by atoms with Gasteiger partial charge in [0.2, 0.25) is 11.8 Å². The molecule has 2 aliphatic rings. The van der Waals surface area contributed by atoms with Crippen molar-refractivity contribution >= 4 is 67.1 Å². The highest BCUT2D eigenvalue weighted by molar-refractivity contribution is 7.27. The van der Waals surface area contributed by atoms with Crippen LogP contribution < -0.4 is 10.6 Å². The predicted octanol–water partition coefficient (Wildman–Crippen LogP) is 8.65. The van der Waals surface area contributed by atoms with Gasteiger partial charge in [0.15, 0.2) is 0 Å². The summed E-state index contributed by atoms with van der Waals surface area (Å²) in [5.74, 6) is 1.00. The van der Waals surface area contributed by atoms with E-state index in [1.807, 2.05) is 49.8 Å². The van der Waals surface area contributed by atoms with Gasteiger partial charge in [0.1, 0.15) is 23.7 Å². The number of likely N-dealkylation sites (tertiary alicyclic amines) is 2. The Morgan fingerprint density at radius 1 is 0.717 bits per heavy atom.